The zero-order chi connectivity index (χ0) is 21.3. The topological polar surface area (TPSA) is 79.5 Å². The van der Waals surface area contributed by atoms with Gasteiger partial charge in [0.2, 0.25) is 21.7 Å². The molecule has 2 heterocycles. The summed E-state index contributed by atoms with van der Waals surface area (Å²) in [5.74, 6) is 1.07. The van der Waals surface area contributed by atoms with Gasteiger partial charge in [-0.1, -0.05) is 53.2 Å². The van der Waals surface area contributed by atoms with Crippen molar-refractivity contribution < 1.29 is 12.9 Å². The third kappa shape index (κ3) is 4.13. The summed E-state index contributed by atoms with van der Waals surface area (Å²) in [7, 11) is -3.59. The predicted octanol–water partition coefficient (Wildman–Crippen LogP) is 3.77. The largest absolute Gasteiger partial charge is 0.337 e. The van der Waals surface area contributed by atoms with E-state index in [4.69, 9.17) is 16.1 Å². The van der Waals surface area contributed by atoms with E-state index in [1.807, 2.05) is 37.3 Å². The molecule has 1 saturated heterocycles. The third-order valence-corrected chi connectivity index (χ3v) is 7.70. The van der Waals surface area contributed by atoms with E-state index in [0.29, 0.717) is 48.5 Å². The van der Waals surface area contributed by atoms with Crippen LogP contribution < -0.4 is 0 Å². The molecular weight excluding hydrogens is 424 g/mol. The molecule has 1 fully saturated rings. The highest BCUT2D eigenvalue weighted by molar-refractivity contribution is 7.89. The summed E-state index contributed by atoms with van der Waals surface area (Å²) in [4.78, 5) is 6.94. The molecule has 7 nitrogen and oxygen atoms in total. The van der Waals surface area contributed by atoms with Crippen LogP contribution >= 0.6 is 11.6 Å². The van der Waals surface area contributed by atoms with Gasteiger partial charge in [0.1, 0.15) is 0 Å². The average molecular weight is 447 g/mol. The second-order valence-electron chi connectivity index (χ2n) is 7.35. The summed E-state index contributed by atoms with van der Waals surface area (Å²) in [6, 6.07) is 14.5. The quantitative estimate of drug-likeness (QED) is 0.593. The van der Waals surface area contributed by atoms with Crippen molar-refractivity contribution in [2.75, 3.05) is 26.2 Å². The summed E-state index contributed by atoms with van der Waals surface area (Å²) < 4.78 is 33.1. The number of hydrogen-bond acceptors (Lipinski definition) is 6. The average Bonchev–Trinajstić information content (AvgIpc) is 3.26. The van der Waals surface area contributed by atoms with Gasteiger partial charge in [-0.25, -0.2) is 8.42 Å². The van der Waals surface area contributed by atoms with Crippen molar-refractivity contribution in [1.29, 1.82) is 0 Å². The van der Waals surface area contributed by atoms with Crippen LogP contribution in [-0.2, 0) is 10.0 Å². The highest BCUT2D eigenvalue weighted by atomic mass is 35.5. The van der Waals surface area contributed by atoms with Crippen molar-refractivity contribution in [3.63, 3.8) is 0 Å². The molecule has 0 N–H and O–H groups in total. The molecule has 158 valence electrons. The summed E-state index contributed by atoms with van der Waals surface area (Å²) in [6.07, 6.45) is 0. The van der Waals surface area contributed by atoms with Gasteiger partial charge in [0.15, 0.2) is 0 Å². The Morgan fingerprint density at radius 3 is 2.47 bits per heavy atom. The lowest BCUT2D eigenvalue weighted by atomic mass is 10.2. The zero-order valence-electron chi connectivity index (χ0n) is 16.8. The minimum absolute atomic E-state index is 0.104. The molecule has 2 aromatic carbocycles. The Labute approximate surface area is 181 Å². The van der Waals surface area contributed by atoms with Gasteiger partial charge in [0.25, 0.3) is 0 Å². The van der Waals surface area contributed by atoms with Crippen molar-refractivity contribution in [3.05, 3.63) is 65.0 Å². The first kappa shape index (κ1) is 21.0. The van der Waals surface area contributed by atoms with Crippen molar-refractivity contribution >= 4 is 21.6 Å². The third-order valence-electron chi connectivity index (χ3n) is 5.42. The number of hydrogen-bond donors (Lipinski definition) is 0. The first-order chi connectivity index (χ1) is 14.4. The predicted molar refractivity (Wildman–Crippen MR) is 115 cm³/mol. The molecule has 1 aliphatic rings. The van der Waals surface area contributed by atoms with Gasteiger partial charge >= 0.3 is 0 Å². The second kappa shape index (κ2) is 8.47. The number of piperazine rings is 1. The Kier molecular flexibility index (Phi) is 5.92. The molecule has 1 aliphatic heterocycles. The Balaban J connectivity index is 1.44. The highest BCUT2D eigenvalue weighted by Crippen LogP contribution is 2.27. The fourth-order valence-electron chi connectivity index (χ4n) is 3.59. The summed E-state index contributed by atoms with van der Waals surface area (Å²) in [5, 5.41) is 4.50. The van der Waals surface area contributed by atoms with Crippen LogP contribution in [0.15, 0.2) is 57.9 Å². The molecule has 9 heteroatoms. The lowest BCUT2D eigenvalue weighted by Gasteiger charge is -2.36. The maximum absolute atomic E-state index is 13.1. The maximum Gasteiger partial charge on any atom is 0.244 e. The van der Waals surface area contributed by atoms with Crippen LogP contribution in [-0.4, -0.2) is 53.9 Å². The molecule has 1 aromatic heterocycles. The van der Waals surface area contributed by atoms with E-state index < -0.39 is 10.0 Å². The summed E-state index contributed by atoms with van der Waals surface area (Å²) >= 11 is 6.03. The maximum atomic E-state index is 13.1. The molecule has 0 bridgehead atoms. The lowest BCUT2D eigenvalue weighted by molar-refractivity contribution is 0.124. The fraction of sp³-hybridized carbons (Fsp3) is 0.333. The van der Waals surface area contributed by atoms with E-state index in [1.165, 1.54) is 10.4 Å². The van der Waals surface area contributed by atoms with Gasteiger partial charge < -0.3 is 4.52 Å². The van der Waals surface area contributed by atoms with Gasteiger partial charge in [-0.2, -0.15) is 9.29 Å². The van der Waals surface area contributed by atoms with Crippen molar-refractivity contribution in [2.45, 2.75) is 24.8 Å². The number of benzene rings is 2. The van der Waals surface area contributed by atoms with E-state index in [-0.39, 0.29) is 10.9 Å². The van der Waals surface area contributed by atoms with Gasteiger partial charge in [-0.05, 0) is 31.5 Å². The first-order valence-electron chi connectivity index (χ1n) is 9.75. The molecular formula is C21H23ClN4O3S. The highest BCUT2D eigenvalue weighted by Gasteiger charge is 2.32. The summed E-state index contributed by atoms with van der Waals surface area (Å²) in [6.45, 7) is 5.69. The van der Waals surface area contributed by atoms with Crippen LogP contribution in [0.3, 0.4) is 0 Å². The van der Waals surface area contributed by atoms with Crippen LogP contribution in [0.5, 0.6) is 0 Å². The van der Waals surface area contributed by atoms with Crippen molar-refractivity contribution in [2.24, 2.45) is 0 Å². The monoisotopic (exact) mass is 446 g/mol. The molecule has 0 saturated carbocycles. The molecule has 30 heavy (non-hydrogen) atoms. The minimum atomic E-state index is -3.59. The molecule has 1 atom stereocenters. The number of aromatic nitrogens is 2. The molecule has 0 aliphatic carbocycles. The zero-order valence-corrected chi connectivity index (χ0v) is 18.4. The van der Waals surface area contributed by atoms with E-state index in [2.05, 4.69) is 15.0 Å². The van der Waals surface area contributed by atoms with Crippen LogP contribution in [0.4, 0.5) is 0 Å². The molecule has 1 unspecified atom stereocenters. The van der Waals surface area contributed by atoms with E-state index in [9.17, 15) is 8.42 Å². The van der Waals surface area contributed by atoms with Crippen molar-refractivity contribution in [1.82, 2.24) is 19.3 Å². The fourth-order valence-corrected chi connectivity index (χ4v) is 5.50. The second-order valence-corrected chi connectivity index (χ2v) is 9.69. The Morgan fingerprint density at radius 1 is 1.07 bits per heavy atom. The normalized spacial score (nSPS) is 17.2. The SMILES string of the molecule is Cc1ccc(Cl)cc1S(=O)(=O)N1CCN(C(C)c2nc(-c3ccccc3)no2)CC1. The van der Waals surface area contributed by atoms with Crippen LogP contribution in [0.25, 0.3) is 11.4 Å². The van der Waals surface area contributed by atoms with E-state index in [0.717, 1.165) is 5.56 Å². The lowest BCUT2D eigenvalue weighted by Crippen LogP contribution is -2.49. The summed E-state index contributed by atoms with van der Waals surface area (Å²) in [5.41, 5.74) is 1.59. The Bertz CT molecular complexity index is 1130. The van der Waals surface area contributed by atoms with E-state index in [1.54, 1.807) is 19.1 Å². The van der Waals surface area contributed by atoms with Gasteiger partial charge in [-0.15, -0.1) is 0 Å². The number of sulfonamides is 1. The number of rotatable bonds is 5. The number of nitrogens with zero attached hydrogens (tertiary/aromatic N) is 4. The standard InChI is InChI=1S/C21H23ClN4O3S/c1-15-8-9-18(22)14-19(15)30(27,28)26-12-10-25(11-13-26)16(2)21-23-20(24-29-21)17-6-4-3-5-7-17/h3-9,14,16H,10-13H2,1-2H3. The smallest absolute Gasteiger partial charge is 0.244 e. The minimum Gasteiger partial charge on any atom is -0.337 e. The van der Waals surface area contributed by atoms with Gasteiger partial charge in [0, 0.05) is 36.8 Å². The van der Waals surface area contributed by atoms with Crippen LogP contribution in [0.2, 0.25) is 5.02 Å². The molecule has 0 spiro atoms. The molecule has 0 radical (unpaired) electrons. The Hall–Kier alpha value is -2.26. The number of aryl methyl sites for hydroxylation is 1. The number of halogens is 1. The van der Waals surface area contributed by atoms with Gasteiger partial charge in [0.05, 0.1) is 10.9 Å². The first-order valence-corrected chi connectivity index (χ1v) is 11.6. The van der Waals surface area contributed by atoms with Crippen molar-refractivity contribution in [3.8, 4) is 11.4 Å². The Morgan fingerprint density at radius 2 is 1.77 bits per heavy atom. The van der Waals surface area contributed by atoms with Crippen LogP contribution in [0, 0.1) is 6.92 Å². The molecule has 0 amide bonds. The van der Waals surface area contributed by atoms with E-state index >= 15 is 0 Å². The van der Waals surface area contributed by atoms with Crippen LogP contribution in [0.1, 0.15) is 24.4 Å². The molecule has 4 rings (SSSR count). The molecule has 3 aromatic rings. The van der Waals surface area contributed by atoms with Gasteiger partial charge in [-0.3, -0.25) is 4.90 Å².